The van der Waals surface area contributed by atoms with Gasteiger partial charge in [0.2, 0.25) is 0 Å². The Labute approximate surface area is 142 Å². The lowest BCUT2D eigenvalue weighted by atomic mass is 9.95. The molecule has 22 heavy (non-hydrogen) atoms. The number of rotatable bonds is 3. The van der Waals surface area contributed by atoms with Crippen molar-refractivity contribution < 1.29 is 13.9 Å². The minimum Gasteiger partial charge on any atom is -0.463 e. The lowest BCUT2D eigenvalue weighted by Crippen LogP contribution is -2.46. The molecule has 4 nitrogen and oxygen atoms in total. The molecule has 1 N–H and O–H groups in total. The van der Waals surface area contributed by atoms with Gasteiger partial charge in [-0.15, -0.1) is 0 Å². The van der Waals surface area contributed by atoms with E-state index < -0.39 is 12.0 Å². The third-order valence-corrected chi connectivity index (χ3v) is 4.53. The molecule has 0 spiro atoms. The monoisotopic (exact) mass is 386 g/mol. The highest BCUT2D eigenvalue weighted by molar-refractivity contribution is 9.10. The van der Waals surface area contributed by atoms with Crippen molar-refractivity contribution in [2.45, 2.75) is 19.9 Å². The Balaban J connectivity index is 2.53. The zero-order valence-corrected chi connectivity index (χ0v) is 14.8. The van der Waals surface area contributed by atoms with Gasteiger partial charge in [0.25, 0.3) is 0 Å². The minimum atomic E-state index is -0.473. The molecule has 1 aromatic carbocycles. The lowest BCUT2D eigenvalue weighted by Gasteiger charge is -2.35. The first-order chi connectivity index (χ1) is 10.4. The molecule has 0 saturated heterocycles. The van der Waals surface area contributed by atoms with Crippen LogP contribution in [0.2, 0.25) is 0 Å². The second-order valence-electron chi connectivity index (χ2n) is 4.83. The second kappa shape index (κ2) is 6.75. The lowest BCUT2D eigenvalue weighted by molar-refractivity contribution is -0.139. The van der Waals surface area contributed by atoms with Gasteiger partial charge in [-0.2, -0.15) is 0 Å². The highest BCUT2D eigenvalue weighted by Crippen LogP contribution is 2.32. The normalized spacial score (nSPS) is 18.3. The standard InChI is InChI=1S/C15H16BrFN2O2S/c1-4-21-14(20)12-8(2)19(3)15(22)18-13(12)9-5-6-11(17)10(16)7-9/h5-7,13H,4H2,1-3H3,(H,18,22)/t13-/m0/s1. The second-order valence-corrected chi connectivity index (χ2v) is 6.08. The van der Waals surface area contributed by atoms with E-state index >= 15 is 0 Å². The van der Waals surface area contributed by atoms with E-state index in [2.05, 4.69) is 21.2 Å². The van der Waals surface area contributed by atoms with Crippen LogP contribution in [0.25, 0.3) is 0 Å². The molecule has 0 saturated carbocycles. The van der Waals surface area contributed by atoms with Crippen molar-refractivity contribution in [1.82, 2.24) is 10.2 Å². The number of hydrogen-bond donors (Lipinski definition) is 1. The fraction of sp³-hybridized carbons (Fsp3) is 0.333. The summed E-state index contributed by atoms with van der Waals surface area (Å²) in [7, 11) is 1.78. The maximum Gasteiger partial charge on any atom is 0.338 e. The van der Waals surface area contributed by atoms with Gasteiger partial charge in [-0.1, -0.05) is 6.07 Å². The molecule has 118 valence electrons. The SMILES string of the molecule is CCOC(=O)C1=C(C)N(C)C(=S)N[C@H]1c1ccc(F)c(Br)c1. The van der Waals surface area contributed by atoms with E-state index in [4.69, 9.17) is 17.0 Å². The maximum atomic E-state index is 13.5. The third kappa shape index (κ3) is 3.15. The van der Waals surface area contributed by atoms with E-state index in [9.17, 15) is 9.18 Å². The first-order valence-corrected chi connectivity index (χ1v) is 7.94. The number of halogens is 2. The van der Waals surface area contributed by atoms with Gasteiger partial charge >= 0.3 is 5.97 Å². The summed E-state index contributed by atoms with van der Waals surface area (Å²) >= 11 is 8.45. The van der Waals surface area contributed by atoms with Crippen LogP contribution in [0.1, 0.15) is 25.5 Å². The van der Waals surface area contributed by atoms with Crippen LogP contribution >= 0.6 is 28.1 Å². The van der Waals surface area contributed by atoms with E-state index in [1.165, 1.54) is 6.07 Å². The Hall–Kier alpha value is -1.47. The Morgan fingerprint density at radius 2 is 2.23 bits per heavy atom. The van der Waals surface area contributed by atoms with Gasteiger partial charge in [0, 0.05) is 12.7 Å². The maximum absolute atomic E-state index is 13.5. The number of allylic oxidation sites excluding steroid dienone is 1. The van der Waals surface area contributed by atoms with Gasteiger partial charge in [-0.25, -0.2) is 9.18 Å². The Morgan fingerprint density at radius 1 is 1.55 bits per heavy atom. The van der Waals surface area contributed by atoms with Crippen LogP contribution < -0.4 is 5.32 Å². The molecule has 0 aliphatic carbocycles. The Morgan fingerprint density at radius 3 is 2.82 bits per heavy atom. The van der Waals surface area contributed by atoms with E-state index in [-0.39, 0.29) is 12.4 Å². The molecule has 1 aliphatic heterocycles. The number of carbonyl (C=O) groups is 1. The molecule has 0 bridgehead atoms. The summed E-state index contributed by atoms with van der Waals surface area (Å²) in [5.41, 5.74) is 1.91. The van der Waals surface area contributed by atoms with Gasteiger partial charge < -0.3 is 15.0 Å². The molecule has 0 aromatic heterocycles. The molecule has 0 fully saturated rings. The molecular formula is C15H16BrFN2O2S. The Bertz CT molecular complexity index is 663. The number of nitrogens with zero attached hydrogens (tertiary/aromatic N) is 1. The fourth-order valence-corrected chi connectivity index (χ4v) is 2.90. The van der Waals surface area contributed by atoms with Crippen molar-refractivity contribution >= 4 is 39.2 Å². The molecule has 2 rings (SSSR count). The highest BCUT2D eigenvalue weighted by atomic mass is 79.9. The van der Waals surface area contributed by atoms with Crippen molar-refractivity contribution in [2.75, 3.05) is 13.7 Å². The zero-order valence-electron chi connectivity index (χ0n) is 12.4. The van der Waals surface area contributed by atoms with Gasteiger partial charge in [0.1, 0.15) is 5.82 Å². The summed E-state index contributed by atoms with van der Waals surface area (Å²) in [4.78, 5) is 14.0. The number of thiocarbonyl (C=S) groups is 1. The van der Waals surface area contributed by atoms with E-state index in [0.717, 1.165) is 5.56 Å². The number of hydrogen-bond acceptors (Lipinski definition) is 3. The smallest absolute Gasteiger partial charge is 0.338 e. The first kappa shape index (κ1) is 16.9. The molecule has 1 atom stereocenters. The third-order valence-electron chi connectivity index (χ3n) is 3.53. The summed E-state index contributed by atoms with van der Waals surface area (Å²) in [6, 6.07) is 4.13. The van der Waals surface area contributed by atoms with Crippen molar-refractivity contribution in [3.63, 3.8) is 0 Å². The van der Waals surface area contributed by atoms with Crippen LogP contribution in [0.15, 0.2) is 33.9 Å². The van der Waals surface area contributed by atoms with Gasteiger partial charge in [-0.3, -0.25) is 0 Å². The Kier molecular flexibility index (Phi) is 5.18. The van der Waals surface area contributed by atoms with Gasteiger partial charge in [-0.05, 0) is 59.7 Å². The summed E-state index contributed by atoms with van der Waals surface area (Å²) < 4.78 is 18.9. The zero-order chi connectivity index (χ0) is 16.4. The molecular weight excluding hydrogens is 371 g/mol. The van der Waals surface area contributed by atoms with E-state index in [1.807, 2.05) is 6.92 Å². The predicted octanol–water partition coefficient (Wildman–Crippen LogP) is 3.29. The van der Waals surface area contributed by atoms with Crippen LogP contribution in [0.4, 0.5) is 4.39 Å². The summed E-state index contributed by atoms with van der Waals surface area (Å²) in [5.74, 6) is -0.773. The van der Waals surface area contributed by atoms with Crippen molar-refractivity contribution in [3.05, 3.63) is 45.3 Å². The number of benzene rings is 1. The summed E-state index contributed by atoms with van der Waals surface area (Å²) in [6.07, 6.45) is 0. The van der Waals surface area contributed by atoms with Crippen LogP contribution in [-0.4, -0.2) is 29.6 Å². The summed E-state index contributed by atoms with van der Waals surface area (Å²) in [5, 5.41) is 3.60. The van der Waals surface area contributed by atoms with Gasteiger partial charge in [0.15, 0.2) is 5.11 Å². The van der Waals surface area contributed by atoms with Crippen LogP contribution in [-0.2, 0) is 9.53 Å². The average Bonchev–Trinajstić information content (AvgIpc) is 2.47. The molecule has 7 heteroatoms. The van der Waals surface area contributed by atoms with Crippen molar-refractivity contribution in [1.29, 1.82) is 0 Å². The largest absolute Gasteiger partial charge is 0.463 e. The van der Waals surface area contributed by atoms with Crippen LogP contribution in [0.5, 0.6) is 0 Å². The molecule has 0 unspecified atom stereocenters. The first-order valence-electron chi connectivity index (χ1n) is 6.73. The number of ether oxygens (including phenoxy) is 1. The fourth-order valence-electron chi connectivity index (χ4n) is 2.25. The minimum absolute atomic E-state index is 0.281. The van der Waals surface area contributed by atoms with E-state index in [1.54, 1.807) is 31.0 Å². The van der Waals surface area contributed by atoms with E-state index in [0.29, 0.717) is 20.9 Å². The molecule has 0 amide bonds. The number of carbonyl (C=O) groups excluding carboxylic acids is 1. The number of nitrogens with one attached hydrogen (secondary N) is 1. The van der Waals surface area contributed by atoms with Crippen LogP contribution in [0.3, 0.4) is 0 Å². The molecule has 1 aliphatic rings. The molecule has 0 radical (unpaired) electrons. The van der Waals surface area contributed by atoms with Gasteiger partial charge in [0.05, 0.1) is 22.7 Å². The van der Waals surface area contributed by atoms with Crippen molar-refractivity contribution in [3.8, 4) is 0 Å². The molecule has 1 aromatic rings. The summed E-state index contributed by atoms with van der Waals surface area (Å²) in [6.45, 7) is 3.84. The topological polar surface area (TPSA) is 41.6 Å². The average molecular weight is 387 g/mol. The highest BCUT2D eigenvalue weighted by Gasteiger charge is 2.33. The number of esters is 1. The predicted molar refractivity (Wildman–Crippen MR) is 89.7 cm³/mol. The van der Waals surface area contributed by atoms with Crippen LogP contribution in [0, 0.1) is 5.82 Å². The molecule has 1 heterocycles. The van der Waals surface area contributed by atoms with Crippen molar-refractivity contribution in [2.24, 2.45) is 0 Å². The quantitative estimate of drug-likeness (QED) is 0.637.